The van der Waals surface area contributed by atoms with E-state index in [4.69, 9.17) is 9.47 Å². The molecule has 0 radical (unpaired) electrons. The van der Waals surface area contributed by atoms with Gasteiger partial charge in [0.1, 0.15) is 0 Å². The van der Waals surface area contributed by atoms with Crippen molar-refractivity contribution in [1.29, 1.82) is 0 Å². The number of aromatic nitrogens is 1. The Balaban J connectivity index is 2.10. The Morgan fingerprint density at radius 1 is 1.26 bits per heavy atom. The van der Waals surface area contributed by atoms with Crippen LogP contribution in [-0.4, -0.2) is 37.4 Å². The fourth-order valence-electron chi connectivity index (χ4n) is 2.06. The first-order chi connectivity index (χ1) is 9.15. The summed E-state index contributed by atoms with van der Waals surface area (Å²) in [4.78, 5) is 15.2. The summed E-state index contributed by atoms with van der Waals surface area (Å²) in [5, 5.41) is 3.87. The van der Waals surface area contributed by atoms with E-state index >= 15 is 0 Å². The average Bonchev–Trinajstić information content (AvgIpc) is 2.87. The summed E-state index contributed by atoms with van der Waals surface area (Å²) in [6.07, 6.45) is 1.39. The van der Waals surface area contributed by atoms with E-state index in [9.17, 15) is 4.79 Å². The highest BCUT2D eigenvalue weighted by atomic mass is 16.7. The molecule has 2 aromatic rings. The molecule has 0 saturated heterocycles. The van der Waals surface area contributed by atoms with Crippen LogP contribution in [0, 0.1) is 0 Å². The van der Waals surface area contributed by atoms with E-state index in [1.807, 2.05) is 31.3 Å². The molecule has 19 heavy (non-hydrogen) atoms. The molecule has 102 valence electrons. The molecular formula is C14H18N2O3. The minimum absolute atomic E-state index is 0.144. The minimum atomic E-state index is -0.458. The second-order valence-electron chi connectivity index (χ2n) is 4.38. The van der Waals surface area contributed by atoms with Gasteiger partial charge in [0.15, 0.2) is 6.29 Å². The highest BCUT2D eigenvalue weighted by Gasteiger charge is 2.18. The average molecular weight is 262 g/mol. The third kappa shape index (κ3) is 2.94. The Kier molecular flexibility index (Phi) is 4.19. The molecule has 1 unspecified atom stereocenters. The molecule has 0 aliphatic carbocycles. The first-order valence-electron chi connectivity index (χ1n) is 6.09. The van der Waals surface area contributed by atoms with E-state index in [1.54, 1.807) is 20.3 Å². The Morgan fingerprint density at radius 2 is 2.00 bits per heavy atom. The molecule has 1 aromatic heterocycles. The molecule has 0 fully saturated rings. The Labute approximate surface area is 111 Å². The van der Waals surface area contributed by atoms with Gasteiger partial charge < -0.3 is 19.8 Å². The quantitative estimate of drug-likeness (QED) is 0.809. The normalized spacial score (nSPS) is 12.8. The van der Waals surface area contributed by atoms with Gasteiger partial charge in [0.2, 0.25) is 0 Å². The smallest absolute Gasteiger partial charge is 0.251 e. The van der Waals surface area contributed by atoms with Gasteiger partial charge in [-0.2, -0.15) is 0 Å². The maximum Gasteiger partial charge on any atom is 0.251 e. The zero-order valence-corrected chi connectivity index (χ0v) is 11.3. The second kappa shape index (κ2) is 5.86. The Hall–Kier alpha value is -1.85. The number of carbonyl (C=O) groups excluding carboxylic acids is 1. The summed E-state index contributed by atoms with van der Waals surface area (Å²) in [5.41, 5.74) is 1.63. The monoisotopic (exact) mass is 262 g/mol. The number of hydrogen-bond donors (Lipinski definition) is 2. The van der Waals surface area contributed by atoms with E-state index in [0.717, 1.165) is 10.9 Å². The van der Waals surface area contributed by atoms with Crippen LogP contribution in [0.2, 0.25) is 0 Å². The van der Waals surface area contributed by atoms with Crippen LogP contribution >= 0.6 is 0 Å². The van der Waals surface area contributed by atoms with Crippen molar-refractivity contribution in [1.82, 2.24) is 10.3 Å². The lowest BCUT2D eigenvalue weighted by Crippen LogP contribution is -2.42. The summed E-state index contributed by atoms with van der Waals surface area (Å²) in [5.74, 6) is -0.144. The summed E-state index contributed by atoms with van der Waals surface area (Å²) in [6, 6.07) is 7.23. The molecule has 0 spiro atoms. The third-order valence-corrected chi connectivity index (χ3v) is 3.05. The van der Waals surface area contributed by atoms with Crippen molar-refractivity contribution in [3.05, 3.63) is 36.0 Å². The van der Waals surface area contributed by atoms with Crippen molar-refractivity contribution >= 4 is 16.8 Å². The lowest BCUT2D eigenvalue weighted by Gasteiger charge is -2.22. The number of nitrogens with one attached hydrogen (secondary N) is 2. The molecule has 2 rings (SSSR count). The van der Waals surface area contributed by atoms with Gasteiger partial charge in [-0.15, -0.1) is 0 Å². The van der Waals surface area contributed by atoms with Crippen molar-refractivity contribution in [2.75, 3.05) is 14.2 Å². The van der Waals surface area contributed by atoms with Crippen molar-refractivity contribution < 1.29 is 14.3 Å². The number of rotatable bonds is 5. The number of hydrogen-bond acceptors (Lipinski definition) is 3. The number of amides is 1. The van der Waals surface area contributed by atoms with Gasteiger partial charge >= 0.3 is 0 Å². The fraction of sp³-hybridized carbons (Fsp3) is 0.357. The Bertz CT molecular complexity index is 561. The van der Waals surface area contributed by atoms with Gasteiger partial charge in [-0.3, -0.25) is 4.79 Å². The molecule has 0 aliphatic rings. The Morgan fingerprint density at radius 3 is 2.68 bits per heavy atom. The first kappa shape index (κ1) is 13.6. The highest BCUT2D eigenvalue weighted by Crippen LogP contribution is 2.14. The SMILES string of the molecule is COC(OC)C(C)NC(=O)c1ccc2[nH]ccc2c1. The molecule has 1 atom stereocenters. The van der Waals surface area contributed by atoms with E-state index in [-0.39, 0.29) is 11.9 Å². The number of H-pyrrole nitrogens is 1. The van der Waals surface area contributed by atoms with Crippen LogP contribution in [-0.2, 0) is 9.47 Å². The fourth-order valence-corrected chi connectivity index (χ4v) is 2.06. The third-order valence-electron chi connectivity index (χ3n) is 3.05. The predicted molar refractivity (Wildman–Crippen MR) is 73.0 cm³/mol. The number of carbonyl (C=O) groups is 1. The standard InChI is InChI=1S/C14H18N2O3/c1-9(14(18-2)19-3)16-13(17)11-4-5-12-10(8-11)6-7-15-12/h4-9,14-15H,1-3H3,(H,16,17). The topological polar surface area (TPSA) is 63.4 Å². The lowest BCUT2D eigenvalue weighted by atomic mass is 10.1. The van der Waals surface area contributed by atoms with Crippen LogP contribution in [0.1, 0.15) is 17.3 Å². The number of benzene rings is 1. The molecule has 0 aliphatic heterocycles. The van der Waals surface area contributed by atoms with Gasteiger partial charge in [-0.05, 0) is 31.2 Å². The van der Waals surface area contributed by atoms with Crippen molar-refractivity contribution in [2.45, 2.75) is 19.3 Å². The van der Waals surface area contributed by atoms with Crippen LogP contribution in [0.15, 0.2) is 30.5 Å². The molecule has 2 N–H and O–H groups in total. The van der Waals surface area contributed by atoms with Crippen LogP contribution in [0.4, 0.5) is 0 Å². The summed E-state index contributed by atoms with van der Waals surface area (Å²) >= 11 is 0. The summed E-state index contributed by atoms with van der Waals surface area (Å²) in [7, 11) is 3.09. The maximum absolute atomic E-state index is 12.1. The van der Waals surface area contributed by atoms with Gasteiger partial charge in [-0.1, -0.05) is 0 Å². The molecule has 1 aromatic carbocycles. The van der Waals surface area contributed by atoms with Crippen molar-refractivity contribution in [2.24, 2.45) is 0 Å². The number of aromatic amines is 1. The zero-order chi connectivity index (χ0) is 13.8. The summed E-state index contributed by atoms with van der Waals surface area (Å²) in [6.45, 7) is 1.84. The van der Waals surface area contributed by atoms with E-state index in [0.29, 0.717) is 5.56 Å². The maximum atomic E-state index is 12.1. The largest absolute Gasteiger partial charge is 0.361 e. The molecule has 0 bridgehead atoms. The van der Waals surface area contributed by atoms with Gasteiger partial charge in [-0.25, -0.2) is 0 Å². The number of methoxy groups -OCH3 is 2. The number of ether oxygens (including phenoxy) is 2. The second-order valence-corrected chi connectivity index (χ2v) is 4.38. The number of fused-ring (bicyclic) bond motifs is 1. The van der Waals surface area contributed by atoms with Crippen molar-refractivity contribution in [3.63, 3.8) is 0 Å². The van der Waals surface area contributed by atoms with Gasteiger partial charge in [0.25, 0.3) is 5.91 Å². The zero-order valence-electron chi connectivity index (χ0n) is 11.3. The minimum Gasteiger partial charge on any atom is -0.361 e. The van der Waals surface area contributed by atoms with Crippen LogP contribution in [0.25, 0.3) is 10.9 Å². The van der Waals surface area contributed by atoms with Crippen LogP contribution in [0.3, 0.4) is 0 Å². The lowest BCUT2D eigenvalue weighted by molar-refractivity contribution is -0.117. The summed E-state index contributed by atoms with van der Waals surface area (Å²) < 4.78 is 10.2. The first-order valence-corrected chi connectivity index (χ1v) is 6.09. The van der Waals surface area contributed by atoms with Crippen LogP contribution in [0.5, 0.6) is 0 Å². The molecule has 1 amide bonds. The van der Waals surface area contributed by atoms with E-state index in [2.05, 4.69) is 10.3 Å². The van der Waals surface area contributed by atoms with E-state index < -0.39 is 6.29 Å². The highest BCUT2D eigenvalue weighted by molar-refractivity contribution is 5.98. The molecule has 5 nitrogen and oxygen atoms in total. The molecule has 5 heteroatoms. The van der Waals surface area contributed by atoms with E-state index in [1.165, 1.54) is 0 Å². The predicted octanol–water partition coefficient (Wildman–Crippen LogP) is 1.91. The van der Waals surface area contributed by atoms with Gasteiger partial charge in [0.05, 0.1) is 6.04 Å². The molecule has 1 heterocycles. The molecule has 0 saturated carbocycles. The van der Waals surface area contributed by atoms with Gasteiger partial charge in [0, 0.05) is 36.9 Å². The van der Waals surface area contributed by atoms with Crippen molar-refractivity contribution in [3.8, 4) is 0 Å². The molecular weight excluding hydrogens is 244 g/mol. The van der Waals surface area contributed by atoms with Crippen LogP contribution < -0.4 is 5.32 Å².